The fraction of sp³-hybridized carbons (Fsp3) is 0.286. The van der Waals surface area contributed by atoms with E-state index in [1.807, 2.05) is 36.4 Å². The predicted octanol–water partition coefficient (Wildman–Crippen LogP) is 4.43. The maximum Gasteiger partial charge on any atom is 0.220 e. The molecule has 2 aromatic carbocycles. The summed E-state index contributed by atoms with van der Waals surface area (Å²) in [4.78, 5) is 15.8. The number of halogens is 1. The lowest BCUT2D eigenvalue weighted by atomic mass is 9.91. The Hall–Kier alpha value is -2.26. The number of nitrogens with one attached hydrogen (secondary N) is 2. The maximum atomic E-state index is 12.3. The van der Waals surface area contributed by atoms with Crippen molar-refractivity contribution in [3.05, 3.63) is 70.4 Å². The monoisotopic (exact) mass is 352 g/mol. The number of aryl methyl sites for hydroxylation is 2. The summed E-state index contributed by atoms with van der Waals surface area (Å²) in [5.41, 5.74) is 4.92. The van der Waals surface area contributed by atoms with Crippen LogP contribution in [0.4, 0.5) is 0 Å². The number of fused-ring (bicyclic) bond motifs is 3. The Morgan fingerprint density at radius 3 is 2.88 bits per heavy atom. The molecule has 1 aliphatic carbocycles. The van der Waals surface area contributed by atoms with Crippen LogP contribution in [0.2, 0.25) is 5.02 Å². The van der Waals surface area contributed by atoms with Gasteiger partial charge in [-0.2, -0.15) is 0 Å². The largest absolute Gasteiger partial charge is 0.358 e. The zero-order valence-corrected chi connectivity index (χ0v) is 14.8. The molecule has 4 rings (SSSR count). The molecule has 3 nitrogen and oxygen atoms in total. The van der Waals surface area contributed by atoms with Gasteiger partial charge >= 0.3 is 0 Å². The summed E-state index contributed by atoms with van der Waals surface area (Å²) in [6, 6.07) is 16.3. The molecule has 128 valence electrons. The summed E-state index contributed by atoms with van der Waals surface area (Å²) < 4.78 is 0. The summed E-state index contributed by atoms with van der Waals surface area (Å²) in [6.07, 6.45) is 4.13. The molecule has 1 aromatic heterocycles. The minimum absolute atomic E-state index is 0.134. The van der Waals surface area contributed by atoms with E-state index in [0.29, 0.717) is 6.42 Å². The first-order chi connectivity index (χ1) is 12.2. The summed E-state index contributed by atoms with van der Waals surface area (Å²) in [7, 11) is 0. The third kappa shape index (κ3) is 3.57. The Morgan fingerprint density at radius 1 is 1.20 bits per heavy atom. The topological polar surface area (TPSA) is 44.9 Å². The van der Waals surface area contributed by atoms with Crippen LogP contribution in [-0.2, 0) is 24.1 Å². The molecule has 1 aliphatic rings. The highest BCUT2D eigenvalue weighted by atomic mass is 35.5. The van der Waals surface area contributed by atoms with Crippen LogP contribution in [0.25, 0.3) is 10.9 Å². The number of aromatic amines is 1. The number of rotatable bonds is 4. The van der Waals surface area contributed by atoms with Gasteiger partial charge in [0.2, 0.25) is 5.91 Å². The minimum Gasteiger partial charge on any atom is -0.358 e. The van der Waals surface area contributed by atoms with Crippen LogP contribution in [0.3, 0.4) is 0 Å². The third-order valence-corrected chi connectivity index (χ3v) is 5.23. The van der Waals surface area contributed by atoms with Crippen molar-refractivity contribution in [2.45, 2.75) is 38.1 Å². The van der Waals surface area contributed by atoms with Crippen LogP contribution < -0.4 is 5.32 Å². The summed E-state index contributed by atoms with van der Waals surface area (Å²) >= 11 is 6.15. The molecule has 0 saturated heterocycles. The van der Waals surface area contributed by atoms with Crippen molar-refractivity contribution in [1.29, 1.82) is 0 Å². The zero-order valence-electron chi connectivity index (χ0n) is 14.0. The molecular formula is C21H21ClN2O. The van der Waals surface area contributed by atoms with E-state index in [0.717, 1.165) is 36.2 Å². The Bertz CT molecular complexity index is 901. The molecule has 1 unspecified atom stereocenters. The lowest BCUT2D eigenvalue weighted by Gasteiger charge is -2.23. The zero-order chi connectivity index (χ0) is 17.2. The van der Waals surface area contributed by atoms with Gasteiger partial charge in [-0.05, 0) is 55.0 Å². The Labute approximate surface area is 152 Å². The second kappa shape index (κ2) is 6.93. The summed E-state index contributed by atoms with van der Waals surface area (Å²) in [5.74, 6) is 0.134. The second-order valence-corrected chi connectivity index (χ2v) is 7.20. The first-order valence-electron chi connectivity index (χ1n) is 8.81. The molecule has 0 aliphatic heterocycles. The van der Waals surface area contributed by atoms with Crippen LogP contribution in [0.5, 0.6) is 0 Å². The van der Waals surface area contributed by atoms with E-state index in [9.17, 15) is 4.79 Å². The number of amides is 1. The number of hydrogen-bond donors (Lipinski definition) is 2. The van der Waals surface area contributed by atoms with Crippen LogP contribution in [-0.4, -0.2) is 16.9 Å². The number of carbonyl (C=O) groups is 1. The maximum absolute atomic E-state index is 12.3. The second-order valence-electron chi connectivity index (χ2n) is 6.76. The Kier molecular flexibility index (Phi) is 4.50. The molecule has 25 heavy (non-hydrogen) atoms. The lowest BCUT2D eigenvalue weighted by Crippen LogP contribution is -2.38. The van der Waals surface area contributed by atoms with Gasteiger partial charge in [-0.3, -0.25) is 4.79 Å². The van der Waals surface area contributed by atoms with Crippen LogP contribution >= 0.6 is 11.6 Å². The standard InChI is InChI=1S/C21H21ClN2O/c22-15-7-9-19-17(12-15)18-13-16(8-10-20(18)24-19)23-21(25)11-6-14-4-2-1-3-5-14/h1-5,7,9,12,16,24H,6,8,10-11,13H2,(H,23,25). The van der Waals surface area contributed by atoms with Gasteiger partial charge in [0.05, 0.1) is 0 Å². The van der Waals surface area contributed by atoms with Crippen LogP contribution in [0.15, 0.2) is 48.5 Å². The molecule has 0 spiro atoms. The van der Waals surface area contributed by atoms with Gasteiger partial charge in [0, 0.05) is 34.1 Å². The van der Waals surface area contributed by atoms with Crippen molar-refractivity contribution in [3.8, 4) is 0 Å². The van der Waals surface area contributed by atoms with Crippen molar-refractivity contribution in [3.63, 3.8) is 0 Å². The van der Waals surface area contributed by atoms with Crippen molar-refractivity contribution < 1.29 is 4.79 Å². The van der Waals surface area contributed by atoms with Gasteiger partial charge in [0.1, 0.15) is 0 Å². The number of aromatic nitrogens is 1. The molecule has 0 fully saturated rings. The highest BCUT2D eigenvalue weighted by molar-refractivity contribution is 6.31. The number of hydrogen-bond acceptors (Lipinski definition) is 1. The molecule has 1 amide bonds. The average molecular weight is 353 g/mol. The van der Waals surface area contributed by atoms with E-state index in [1.165, 1.54) is 22.2 Å². The first-order valence-corrected chi connectivity index (χ1v) is 9.19. The Morgan fingerprint density at radius 2 is 2.04 bits per heavy atom. The first kappa shape index (κ1) is 16.2. The third-order valence-electron chi connectivity index (χ3n) is 5.00. The molecule has 1 atom stereocenters. The van der Waals surface area contributed by atoms with Gasteiger partial charge < -0.3 is 10.3 Å². The SMILES string of the molecule is O=C(CCc1ccccc1)NC1CCc2[nH]c3ccc(Cl)cc3c2C1. The van der Waals surface area contributed by atoms with E-state index in [4.69, 9.17) is 11.6 Å². The minimum atomic E-state index is 0.134. The van der Waals surface area contributed by atoms with Gasteiger partial charge in [-0.15, -0.1) is 0 Å². The van der Waals surface area contributed by atoms with Gasteiger partial charge in [-0.25, -0.2) is 0 Å². The Balaban J connectivity index is 1.41. The van der Waals surface area contributed by atoms with Gasteiger partial charge in [0.15, 0.2) is 0 Å². The van der Waals surface area contributed by atoms with E-state index < -0.39 is 0 Å². The number of carbonyl (C=O) groups excluding carboxylic acids is 1. The molecule has 4 heteroatoms. The molecule has 1 heterocycles. The van der Waals surface area contributed by atoms with Gasteiger partial charge in [0.25, 0.3) is 0 Å². The van der Waals surface area contributed by atoms with Crippen LogP contribution in [0, 0.1) is 0 Å². The van der Waals surface area contributed by atoms with Crippen molar-refractivity contribution in [1.82, 2.24) is 10.3 Å². The lowest BCUT2D eigenvalue weighted by molar-refractivity contribution is -0.121. The van der Waals surface area contributed by atoms with Crippen molar-refractivity contribution in [2.75, 3.05) is 0 Å². The van der Waals surface area contributed by atoms with E-state index in [1.54, 1.807) is 0 Å². The molecule has 0 radical (unpaired) electrons. The van der Waals surface area contributed by atoms with Gasteiger partial charge in [-0.1, -0.05) is 41.9 Å². The van der Waals surface area contributed by atoms with Crippen LogP contribution in [0.1, 0.15) is 29.7 Å². The highest BCUT2D eigenvalue weighted by Crippen LogP contribution is 2.31. The molecular weight excluding hydrogens is 332 g/mol. The van der Waals surface area contributed by atoms with Crippen molar-refractivity contribution >= 4 is 28.4 Å². The van der Waals surface area contributed by atoms with Crippen molar-refractivity contribution in [2.24, 2.45) is 0 Å². The predicted molar refractivity (Wildman–Crippen MR) is 102 cm³/mol. The fourth-order valence-corrected chi connectivity index (χ4v) is 3.89. The fourth-order valence-electron chi connectivity index (χ4n) is 3.71. The molecule has 3 aromatic rings. The number of benzene rings is 2. The summed E-state index contributed by atoms with van der Waals surface area (Å²) in [6.45, 7) is 0. The molecule has 0 bridgehead atoms. The van der Waals surface area contributed by atoms with E-state index >= 15 is 0 Å². The van der Waals surface area contributed by atoms with E-state index in [2.05, 4.69) is 22.4 Å². The quantitative estimate of drug-likeness (QED) is 0.717. The summed E-state index contributed by atoms with van der Waals surface area (Å²) in [5, 5.41) is 5.15. The molecule has 2 N–H and O–H groups in total. The number of H-pyrrole nitrogens is 1. The highest BCUT2D eigenvalue weighted by Gasteiger charge is 2.23. The average Bonchev–Trinajstić information content (AvgIpc) is 2.98. The smallest absolute Gasteiger partial charge is 0.220 e. The molecule has 0 saturated carbocycles. The normalized spacial score (nSPS) is 16.6. The van der Waals surface area contributed by atoms with E-state index in [-0.39, 0.29) is 11.9 Å².